The average molecular weight is 458 g/mol. The topological polar surface area (TPSA) is 61.4 Å². The molecule has 1 unspecified atom stereocenters. The number of carbonyl (C=O) groups excluding carboxylic acids is 2. The molecule has 0 spiro atoms. The second-order valence-electron chi connectivity index (χ2n) is 7.85. The predicted octanol–water partition coefficient (Wildman–Crippen LogP) is 4.55. The maximum absolute atomic E-state index is 12.6. The molecule has 154 valence electrons. The number of rotatable bonds is 6. The lowest BCUT2D eigenvalue weighted by molar-refractivity contribution is 0.0921. The summed E-state index contributed by atoms with van der Waals surface area (Å²) in [5, 5.41) is 5.92. The van der Waals surface area contributed by atoms with E-state index in [-0.39, 0.29) is 11.8 Å². The molecule has 0 radical (unpaired) electrons. The molecule has 1 aliphatic heterocycles. The van der Waals surface area contributed by atoms with Crippen molar-refractivity contribution in [1.29, 1.82) is 0 Å². The molecule has 29 heavy (non-hydrogen) atoms. The zero-order valence-electron chi connectivity index (χ0n) is 17.0. The molecule has 6 heteroatoms. The maximum Gasteiger partial charge on any atom is 0.255 e. The van der Waals surface area contributed by atoms with Gasteiger partial charge in [-0.1, -0.05) is 28.1 Å². The molecule has 0 aromatic heterocycles. The molecule has 0 saturated carbocycles. The van der Waals surface area contributed by atoms with Crippen molar-refractivity contribution in [2.24, 2.45) is 5.92 Å². The quantitative estimate of drug-likeness (QED) is 0.668. The second kappa shape index (κ2) is 10.0. The van der Waals surface area contributed by atoms with Crippen LogP contribution in [0.2, 0.25) is 0 Å². The van der Waals surface area contributed by atoms with Crippen LogP contribution in [-0.4, -0.2) is 42.4 Å². The van der Waals surface area contributed by atoms with Crippen molar-refractivity contribution in [1.82, 2.24) is 10.2 Å². The molecule has 2 N–H and O–H groups in total. The molecular weight excluding hydrogens is 430 g/mol. The highest BCUT2D eigenvalue weighted by atomic mass is 79.9. The number of benzene rings is 2. The van der Waals surface area contributed by atoms with Gasteiger partial charge in [0.05, 0.1) is 0 Å². The van der Waals surface area contributed by atoms with Crippen LogP contribution in [0.15, 0.2) is 53.0 Å². The third-order valence-corrected chi connectivity index (χ3v) is 5.79. The van der Waals surface area contributed by atoms with Gasteiger partial charge >= 0.3 is 0 Å². The third kappa shape index (κ3) is 6.15. The molecule has 0 aliphatic carbocycles. The van der Waals surface area contributed by atoms with Gasteiger partial charge in [-0.05, 0) is 75.5 Å². The van der Waals surface area contributed by atoms with Crippen LogP contribution in [-0.2, 0) is 0 Å². The number of carbonyl (C=O) groups is 2. The highest BCUT2D eigenvalue weighted by Crippen LogP contribution is 2.19. The standard InChI is InChI=1S/C23H28BrN3O2/c1-16(2)27-11-5-6-17(15-27)14-25-22(28)19-8-4-10-21(13-19)26-23(29)18-7-3-9-20(24)12-18/h3-4,7-10,12-13,16-17H,5-6,11,14-15H2,1-2H3,(H,25,28)(H,26,29). The minimum atomic E-state index is -0.208. The van der Waals surface area contributed by atoms with Crippen molar-refractivity contribution in [3.63, 3.8) is 0 Å². The van der Waals surface area contributed by atoms with E-state index in [1.807, 2.05) is 12.1 Å². The molecule has 0 bridgehead atoms. The van der Waals surface area contributed by atoms with Crippen LogP contribution in [0, 0.1) is 5.92 Å². The van der Waals surface area contributed by atoms with Crippen LogP contribution in [0.5, 0.6) is 0 Å². The highest BCUT2D eigenvalue weighted by Gasteiger charge is 2.22. The summed E-state index contributed by atoms with van der Waals surface area (Å²) in [6.45, 7) is 7.28. The largest absolute Gasteiger partial charge is 0.352 e. The van der Waals surface area contributed by atoms with Gasteiger partial charge in [0.1, 0.15) is 0 Å². The van der Waals surface area contributed by atoms with Crippen molar-refractivity contribution in [2.75, 3.05) is 25.0 Å². The Bertz CT molecular complexity index is 869. The van der Waals surface area contributed by atoms with Gasteiger partial charge in [-0.2, -0.15) is 0 Å². The van der Waals surface area contributed by atoms with E-state index in [1.165, 1.54) is 6.42 Å². The molecule has 3 rings (SSSR count). The fraction of sp³-hybridized carbons (Fsp3) is 0.391. The smallest absolute Gasteiger partial charge is 0.255 e. The number of likely N-dealkylation sites (tertiary alicyclic amines) is 1. The number of hydrogen-bond donors (Lipinski definition) is 2. The summed E-state index contributed by atoms with van der Waals surface area (Å²) in [6.07, 6.45) is 2.32. The minimum absolute atomic E-state index is 0.106. The van der Waals surface area contributed by atoms with E-state index < -0.39 is 0 Å². The Balaban J connectivity index is 1.57. The Hall–Kier alpha value is -2.18. The monoisotopic (exact) mass is 457 g/mol. The molecule has 1 heterocycles. The molecule has 1 aliphatic rings. The summed E-state index contributed by atoms with van der Waals surface area (Å²) in [5.41, 5.74) is 1.71. The summed E-state index contributed by atoms with van der Waals surface area (Å²) < 4.78 is 0.844. The number of nitrogens with zero attached hydrogens (tertiary/aromatic N) is 1. The average Bonchev–Trinajstić information content (AvgIpc) is 2.72. The highest BCUT2D eigenvalue weighted by molar-refractivity contribution is 9.10. The first-order valence-electron chi connectivity index (χ1n) is 10.1. The summed E-state index contributed by atoms with van der Waals surface area (Å²) in [7, 11) is 0. The van der Waals surface area contributed by atoms with Gasteiger partial charge in [-0.25, -0.2) is 0 Å². The Labute approximate surface area is 181 Å². The zero-order chi connectivity index (χ0) is 20.8. The fourth-order valence-electron chi connectivity index (χ4n) is 3.64. The van der Waals surface area contributed by atoms with Crippen LogP contribution in [0.4, 0.5) is 5.69 Å². The summed E-state index contributed by atoms with van der Waals surface area (Å²) in [6, 6.07) is 14.8. The van der Waals surface area contributed by atoms with Crippen molar-refractivity contribution < 1.29 is 9.59 Å². The van der Waals surface area contributed by atoms with Gasteiger partial charge < -0.3 is 15.5 Å². The van der Waals surface area contributed by atoms with Gasteiger partial charge in [0.15, 0.2) is 0 Å². The third-order valence-electron chi connectivity index (χ3n) is 5.30. The van der Waals surface area contributed by atoms with Crippen molar-refractivity contribution >= 4 is 33.4 Å². The summed E-state index contributed by atoms with van der Waals surface area (Å²) in [4.78, 5) is 27.5. The van der Waals surface area contributed by atoms with Gasteiger partial charge in [0.2, 0.25) is 0 Å². The summed E-state index contributed by atoms with van der Waals surface area (Å²) in [5.74, 6) is 0.166. The van der Waals surface area contributed by atoms with Crippen LogP contribution in [0.3, 0.4) is 0 Å². The lowest BCUT2D eigenvalue weighted by Crippen LogP contribution is -2.43. The van der Waals surface area contributed by atoms with Crippen molar-refractivity contribution in [2.45, 2.75) is 32.7 Å². The number of halogens is 1. The molecule has 2 amide bonds. The van der Waals surface area contributed by atoms with Crippen molar-refractivity contribution in [3.8, 4) is 0 Å². The number of anilines is 1. The maximum atomic E-state index is 12.6. The Morgan fingerprint density at radius 2 is 1.83 bits per heavy atom. The zero-order valence-corrected chi connectivity index (χ0v) is 18.5. The molecular formula is C23H28BrN3O2. The number of nitrogens with one attached hydrogen (secondary N) is 2. The van der Waals surface area contributed by atoms with E-state index in [0.717, 1.165) is 24.0 Å². The lowest BCUT2D eigenvalue weighted by Gasteiger charge is -2.35. The number of piperidine rings is 1. The second-order valence-corrected chi connectivity index (χ2v) is 8.77. The van der Waals surface area contributed by atoms with E-state index >= 15 is 0 Å². The molecule has 2 aromatic carbocycles. The van der Waals surface area contributed by atoms with E-state index in [1.54, 1.807) is 36.4 Å². The number of hydrogen-bond acceptors (Lipinski definition) is 3. The Kier molecular flexibility index (Phi) is 7.45. The molecule has 1 atom stereocenters. The van der Waals surface area contributed by atoms with Crippen molar-refractivity contribution in [3.05, 3.63) is 64.1 Å². The van der Waals surface area contributed by atoms with E-state index in [0.29, 0.717) is 35.3 Å². The Morgan fingerprint density at radius 3 is 2.55 bits per heavy atom. The number of amides is 2. The fourth-order valence-corrected chi connectivity index (χ4v) is 4.04. The SMILES string of the molecule is CC(C)N1CCCC(CNC(=O)c2cccc(NC(=O)c3cccc(Br)c3)c2)C1. The summed E-state index contributed by atoms with van der Waals surface area (Å²) >= 11 is 3.37. The lowest BCUT2D eigenvalue weighted by atomic mass is 9.97. The molecule has 1 fully saturated rings. The van der Waals surface area contributed by atoms with E-state index in [2.05, 4.69) is 45.3 Å². The molecule has 1 saturated heterocycles. The van der Waals surface area contributed by atoms with Gasteiger partial charge in [-0.3, -0.25) is 9.59 Å². The van der Waals surface area contributed by atoms with E-state index in [4.69, 9.17) is 0 Å². The van der Waals surface area contributed by atoms with Gasteiger partial charge in [-0.15, -0.1) is 0 Å². The van der Waals surface area contributed by atoms with Crippen LogP contribution in [0.1, 0.15) is 47.4 Å². The molecule has 5 nitrogen and oxygen atoms in total. The van der Waals surface area contributed by atoms with E-state index in [9.17, 15) is 9.59 Å². The van der Waals surface area contributed by atoms with Gasteiger partial charge in [0.25, 0.3) is 11.8 Å². The van der Waals surface area contributed by atoms with Crippen LogP contribution < -0.4 is 10.6 Å². The predicted molar refractivity (Wildman–Crippen MR) is 120 cm³/mol. The van der Waals surface area contributed by atoms with Crippen LogP contribution >= 0.6 is 15.9 Å². The first-order valence-corrected chi connectivity index (χ1v) is 10.9. The molecule has 2 aromatic rings. The Morgan fingerprint density at radius 1 is 1.10 bits per heavy atom. The first-order chi connectivity index (χ1) is 13.9. The van der Waals surface area contributed by atoms with Crippen LogP contribution in [0.25, 0.3) is 0 Å². The minimum Gasteiger partial charge on any atom is -0.352 e. The van der Waals surface area contributed by atoms with Gasteiger partial charge in [0, 0.05) is 40.4 Å². The normalized spacial score (nSPS) is 17.2. The first kappa shape index (κ1) is 21.5.